The summed E-state index contributed by atoms with van der Waals surface area (Å²) >= 11 is 0. The monoisotopic (exact) mass is 253 g/mol. The fourth-order valence-electron chi connectivity index (χ4n) is 2.96. The van der Waals surface area contributed by atoms with Crippen molar-refractivity contribution < 1.29 is 4.74 Å². The van der Waals surface area contributed by atoms with Crippen LogP contribution in [-0.4, -0.2) is 13.7 Å². The second-order valence-corrected chi connectivity index (χ2v) is 4.91. The number of rotatable bonds is 3. The van der Waals surface area contributed by atoms with Crippen LogP contribution in [0.25, 0.3) is 0 Å². The molecular formula is C17H19NO. The number of anilines is 1. The number of fused-ring (bicyclic) bond motifs is 1. The summed E-state index contributed by atoms with van der Waals surface area (Å²) in [4.78, 5) is 2.47. The van der Waals surface area contributed by atoms with Crippen LogP contribution in [0, 0.1) is 0 Å². The van der Waals surface area contributed by atoms with Gasteiger partial charge in [-0.25, -0.2) is 0 Å². The van der Waals surface area contributed by atoms with Crippen molar-refractivity contribution in [3.05, 3.63) is 59.7 Å². The topological polar surface area (TPSA) is 12.5 Å². The molecule has 2 aromatic carbocycles. The van der Waals surface area contributed by atoms with Crippen molar-refractivity contribution in [1.29, 1.82) is 0 Å². The van der Waals surface area contributed by atoms with E-state index in [1.165, 1.54) is 16.8 Å². The molecule has 1 heterocycles. The van der Waals surface area contributed by atoms with Gasteiger partial charge < -0.3 is 9.64 Å². The van der Waals surface area contributed by atoms with Crippen LogP contribution in [0.15, 0.2) is 48.5 Å². The maximum absolute atomic E-state index is 5.35. The molecule has 0 radical (unpaired) electrons. The zero-order valence-electron chi connectivity index (χ0n) is 11.5. The van der Waals surface area contributed by atoms with Crippen molar-refractivity contribution in [2.24, 2.45) is 0 Å². The maximum Gasteiger partial charge on any atom is 0.120 e. The van der Waals surface area contributed by atoms with Crippen LogP contribution < -0.4 is 9.64 Å². The molecule has 0 amide bonds. The summed E-state index contributed by atoms with van der Waals surface area (Å²) < 4.78 is 5.35. The number of nitrogens with zero attached hydrogens (tertiary/aromatic N) is 1. The van der Waals surface area contributed by atoms with E-state index in [9.17, 15) is 0 Å². The number of hydrogen-bond donors (Lipinski definition) is 0. The van der Waals surface area contributed by atoms with Gasteiger partial charge in [0.25, 0.3) is 0 Å². The Morgan fingerprint density at radius 2 is 1.95 bits per heavy atom. The summed E-state index contributed by atoms with van der Waals surface area (Å²) in [6.45, 7) is 3.23. The first-order valence-electron chi connectivity index (χ1n) is 6.82. The Balaban J connectivity index is 1.99. The molecule has 0 aliphatic carbocycles. The van der Waals surface area contributed by atoms with Gasteiger partial charge in [0.05, 0.1) is 13.2 Å². The molecule has 2 nitrogen and oxygen atoms in total. The van der Waals surface area contributed by atoms with Gasteiger partial charge in [-0.05, 0) is 30.5 Å². The van der Waals surface area contributed by atoms with E-state index < -0.39 is 0 Å². The number of benzene rings is 2. The normalized spacial score (nSPS) is 17.4. The molecule has 1 atom stereocenters. The maximum atomic E-state index is 5.35. The molecule has 0 N–H and O–H groups in total. The van der Waals surface area contributed by atoms with Crippen LogP contribution in [0.3, 0.4) is 0 Å². The van der Waals surface area contributed by atoms with Crippen LogP contribution in [0.1, 0.15) is 24.1 Å². The van der Waals surface area contributed by atoms with E-state index in [1.807, 2.05) is 0 Å². The summed E-state index contributed by atoms with van der Waals surface area (Å²) in [5.74, 6) is 0.936. The lowest BCUT2D eigenvalue weighted by Gasteiger charge is -2.26. The highest BCUT2D eigenvalue weighted by Gasteiger charge is 2.29. The largest absolute Gasteiger partial charge is 0.497 e. The Labute approximate surface area is 114 Å². The van der Waals surface area contributed by atoms with Crippen LogP contribution >= 0.6 is 0 Å². The molecule has 1 unspecified atom stereocenters. The Morgan fingerprint density at radius 3 is 2.63 bits per heavy atom. The fourth-order valence-corrected chi connectivity index (χ4v) is 2.96. The van der Waals surface area contributed by atoms with Gasteiger partial charge in [-0.15, -0.1) is 0 Å². The second kappa shape index (κ2) is 4.96. The van der Waals surface area contributed by atoms with Gasteiger partial charge in [0.2, 0.25) is 0 Å². The average molecular weight is 253 g/mol. The van der Waals surface area contributed by atoms with Crippen LogP contribution in [0.5, 0.6) is 5.75 Å². The van der Waals surface area contributed by atoms with Gasteiger partial charge >= 0.3 is 0 Å². The minimum Gasteiger partial charge on any atom is -0.497 e. The fraction of sp³-hybridized carbons (Fsp3) is 0.294. The molecule has 0 fully saturated rings. The highest BCUT2D eigenvalue weighted by molar-refractivity contribution is 5.63. The van der Waals surface area contributed by atoms with Gasteiger partial charge in [0, 0.05) is 18.3 Å². The molecule has 2 heteroatoms. The summed E-state index contributed by atoms with van der Waals surface area (Å²) in [5, 5.41) is 0. The molecule has 0 saturated carbocycles. The highest BCUT2D eigenvalue weighted by atomic mass is 16.5. The lowest BCUT2D eigenvalue weighted by Crippen LogP contribution is -2.24. The van der Waals surface area contributed by atoms with Crippen LogP contribution in [0.4, 0.5) is 5.69 Å². The van der Waals surface area contributed by atoms with Crippen LogP contribution in [-0.2, 0) is 6.42 Å². The first-order valence-corrected chi connectivity index (χ1v) is 6.82. The van der Waals surface area contributed by atoms with E-state index in [1.54, 1.807) is 7.11 Å². The van der Waals surface area contributed by atoms with Gasteiger partial charge in [0.15, 0.2) is 0 Å². The molecule has 98 valence electrons. The molecule has 0 spiro atoms. The predicted molar refractivity (Wildman–Crippen MR) is 78.9 cm³/mol. The summed E-state index contributed by atoms with van der Waals surface area (Å²) in [6.07, 6.45) is 1.08. The molecule has 0 saturated heterocycles. The molecule has 19 heavy (non-hydrogen) atoms. The first-order chi connectivity index (χ1) is 9.33. The lowest BCUT2D eigenvalue weighted by atomic mass is 10.0. The predicted octanol–water partition coefficient (Wildman–Crippen LogP) is 3.82. The van der Waals surface area contributed by atoms with Crippen molar-refractivity contribution in [1.82, 2.24) is 0 Å². The van der Waals surface area contributed by atoms with Crippen molar-refractivity contribution in [2.75, 3.05) is 18.6 Å². The van der Waals surface area contributed by atoms with Crippen molar-refractivity contribution in [2.45, 2.75) is 19.4 Å². The third-order valence-corrected chi connectivity index (χ3v) is 3.92. The summed E-state index contributed by atoms with van der Waals surface area (Å²) in [6, 6.07) is 17.6. The summed E-state index contributed by atoms with van der Waals surface area (Å²) in [7, 11) is 1.72. The van der Waals surface area contributed by atoms with E-state index in [2.05, 4.69) is 60.4 Å². The van der Waals surface area contributed by atoms with Gasteiger partial charge in [0.1, 0.15) is 5.75 Å². The molecule has 0 bridgehead atoms. The van der Waals surface area contributed by atoms with Gasteiger partial charge in [-0.3, -0.25) is 0 Å². The summed E-state index contributed by atoms with van der Waals surface area (Å²) in [5.41, 5.74) is 4.12. The standard InChI is InChI=1S/C17H19NO/c1-3-18-16(13-7-5-4-6-8-13)11-14-9-10-15(19-2)12-17(14)18/h4-10,12,16H,3,11H2,1-2H3. The highest BCUT2D eigenvalue weighted by Crippen LogP contribution is 2.41. The quantitative estimate of drug-likeness (QED) is 0.824. The number of methoxy groups -OCH3 is 1. The molecule has 2 aromatic rings. The zero-order chi connectivity index (χ0) is 13.2. The van der Waals surface area contributed by atoms with Crippen molar-refractivity contribution in [3.63, 3.8) is 0 Å². The molecular weight excluding hydrogens is 234 g/mol. The third-order valence-electron chi connectivity index (χ3n) is 3.92. The smallest absolute Gasteiger partial charge is 0.120 e. The van der Waals surface area contributed by atoms with E-state index in [0.717, 1.165) is 18.7 Å². The average Bonchev–Trinajstić information content (AvgIpc) is 2.85. The second-order valence-electron chi connectivity index (χ2n) is 4.91. The molecule has 3 rings (SSSR count). The third kappa shape index (κ3) is 2.07. The minimum absolute atomic E-state index is 0.452. The zero-order valence-corrected chi connectivity index (χ0v) is 11.5. The number of hydrogen-bond acceptors (Lipinski definition) is 2. The van der Waals surface area contributed by atoms with Crippen molar-refractivity contribution >= 4 is 5.69 Å². The van der Waals surface area contributed by atoms with Crippen LogP contribution in [0.2, 0.25) is 0 Å². The first kappa shape index (κ1) is 12.1. The van der Waals surface area contributed by atoms with Crippen molar-refractivity contribution in [3.8, 4) is 5.75 Å². The Hall–Kier alpha value is -1.96. The molecule has 0 aromatic heterocycles. The minimum atomic E-state index is 0.452. The van der Waals surface area contributed by atoms with E-state index in [-0.39, 0.29) is 0 Å². The lowest BCUT2D eigenvalue weighted by molar-refractivity contribution is 0.415. The Morgan fingerprint density at radius 1 is 1.16 bits per heavy atom. The SMILES string of the molecule is CCN1c2cc(OC)ccc2CC1c1ccccc1. The Kier molecular flexibility index (Phi) is 3.16. The van der Waals surface area contributed by atoms with E-state index in [0.29, 0.717) is 6.04 Å². The van der Waals surface area contributed by atoms with Gasteiger partial charge in [-0.2, -0.15) is 0 Å². The van der Waals surface area contributed by atoms with E-state index >= 15 is 0 Å². The Bertz CT molecular complexity index is 565. The van der Waals surface area contributed by atoms with E-state index in [4.69, 9.17) is 4.74 Å². The molecule has 1 aliphatic rings. The number of likely N-dealkylation sites (N-methyl/N-ethyl adjacent to an activating group) is 1. The van der Waals surface area contributed by atoms with Gasteiger partial charge in [-0.1, -0.05) is 36.4 Å². The molecule has 1 aliphatic heterocycles. The number of ether oxygens (including phenoxy) is 1.